The molecule has 0 radical (unpaired) electrons. The van der Waals surface area contributed by atoms with Crippen molar-refractivity contribution in [1.82, 2.24) is 5.32 Å². The van der Waals surface area contributed by atoms with Crippen LogP contribution < -0.4 is 5.32 Å². The first-order valence-corrected chi connectivity index (χ1v) is 5.85. The highest BCUT2D eigenvalue weighted by atomic mass is 32.2. The third-order valence-corrected chi connectivity index (χ3v) is 4.16. The first-order valence-electron chi connectivity index (χ1n) is 4.80. The van der Waals surface area contributed by atoms with Crippen LogP contribution in [0.2, 0.25) is 0 Å². The van der Waals surface area contributed by atoms with E-state index in [2.05, 4.69) is 17.1 Å². The van der Waals surface area contributed by atoms with Crippen LogP contribution in [0.4, 0.5) is 0 Å². The molecule has 0 amide bonds. The normalized spacial score (nSPS) is 38.2. The van der Waals surface area contributed by atoms with Crippen LogP contribution in [-0.4, -0.2) is 23.6 Å². The zero-order valence-electron chi connectivity index (χ0n) is 7.01. The number of thioether (sulfide) groups is 1. The van der Waals surface area contributed by atoms with E-state index < -0.39 is 0 Å². The maximum atomic E-state index is 3.57. The molecule has 64 valence electrons. The quantitative estimate of drug-likeness (QED) is 0.682. The van der Waals surface area contributed by atoms with Crippen LogP contribution in [0, 0.1) is 0 Å². The predicted molar refractivity (Wildman–Crippen MR) is 51.1 cm³/mol. The van der Waals surface area contributed by atoms with E-state index in [0.717, 1.165) is 11.3 Å². The van der Waals surface area contributed by atoms with Crippen LogP contribution in [0.15, 0.2) is 0 Å². The van der Waals surface area contributed by atoms with E-state index in [4.69, 9.17) is 0 Å². The van der Waals surface area contributed by atoms with Crippen molar-refractivity contribution in [2.45, 2.75) is 43.4 Å². The van der Waals surface area contributed by atoms with Gasteiger partial charge < -0.3 is 5.32 Å². The SMILES string of the molecule is C1CNC(CC2CCCS2)C1. The zero-order chi connectivity index (χ0) is 7.52. The summed E-state index contributed by atoms with van der Waals surface area (Å²) >= 11 is 2.19. The number of nitrogens with one attached hydrogen (secondary N) is 1. The molecule has 0 saturated carbocycles. The molecule has 0 aliphatic carbocycles. The first-order chi connectivity index (χ1) is 5.45. The minimum atomic E-state index is 0.866. The van der Waals surface area contributed by atoms with Crippen molar-refractivity contribution in [2.24, 2.45) is 0 Å². The Labute approximate surface area is 73.3 Å². The van der Waals surface area contributed by atoms with Gasteiger partial charge in [0.1, 0.15) is 0 Å². The molecule has 2 heteroatoms. The predicted octanol–water partition coefficient (Wildman–Crippen LogP) is 2.02. The van der Waals surface area contributed by atoms with Gasteiger partial charge in [0.2, 0.25) is 0 Å². The van der Waals surface area contributed by atoms with Crippen molar-refractivity contribution in [3.63, 3.8) is 0 Å². The summed E-state index contributed by atoms with van der Waals surface area (Å²) in [6, 6.07) is 0.866. The Kier molecular flexibility index (Phi) is 2.75. The number of rotatable bonds is 2. The smallest absolute Gasteiger partial charge is 0.00780 e. The molecular weight excluding hydrogens is 154 g/mol. The second kappa shape index (κ2) is 3.81. The Bertz CT molecular complexity index is 101. The third kappa shape index (κ3) is 2.12. The lowest BCUT2D eigenvalue weighted by atomic mass is 10.1. The fourth-order valence-electron chi connectivity index (χ4n) is 2.11. The molecule has 0 aromatic carbocycles. The Hall–Kier alpha value is 0.310. The summed E-state index contributed by atoms with van der Waals surface area (Å²) in [5, 5.41) is 4.56. The minimum absolute atomic E-state index is 0.866. The van der Waals surface area contributed by atoms with Crippen LogP contribution in [0.1, 0.15) is 32.1 Å². The maximum absolute atomic E-state index is 3.57. The van der Waals surface area contributed by atoms with E-state index in [0.29, 0.717) is 0 Å². The number of hydrogen-bond acceptors (Lipinski definition) is 2. The topological polar surface area (TPSA) is 12.0 Å². The third-order valence-electron chi connectivity index (χ3n) is 2.73. The number of hydrogen-bond donors (Lipinski definition) is 1. The monoisotopic (exact) mass is 171 g/mol. The largest absolute Gasteiger partial charge is 0.314 e. The van der Waals surface area contributed by atoms with Gasteiger partial charge in [-0.2, -0.15) is 11.8 Å². The van der Waals surface area contributed by atoms with Crippen LogP contribution in [0.5, 0.6) is 0 Å². The molecule has 11 heavy (non-hydrogen) atoms. The van der Waals surface area contributed by atoms with Gasteiger partial charge in [0.05, 0.1) is 0 Å². The molecule has 2 saturated heterocycles. The van der Waals surface area contributed by atoms with Gasteiger partial charge in [0, 0.05) is 11.3 Å². The summed E-state index contributed by atoms with van der Waals surface area (Å²) < 4.78 is 0. The van der Waals surface area contributed by atoms with Crippen LogP contribution in [0.3, 0.4) is 0 Å². The van der Waals surface area contributed by atoms with Gasteiger partial charge in [-0.25, -0.2) is 0 Å². The molecule has 2 heterocycles. The van der Waals surface area contributed by atoms with Gasteiger partial charge >= 0.3 is 0 Å². The van der Waals surface area contributed by atoms with Crippen molar-refractivity contribution in [2.75, 3.05) is 12.3 Å². The molecule has 0 aromatic heterocycles. The molecule has 0 aromatic rings. The lowest BCUT2D eigenvalue weighted by molar-refractivity contribution is 0.538. The van der Waals surface area contributed by atoms with Crippen molar-refractivity contribution in [3.8, 4) is 0 Å². The molecule has 0 bridgehead atoms. The second-order valence-electron chi connectivity index (χ2n) is 3.66. The maximum Gasteiger partial charge on any atom is 0.00780 e. The standard InChI is InChI=1S/C9H17NS/c1-3-8(10-5-1)7-9-4-2-6-11-9/h8-10H,1-7H2. The summed E-state index contributed by atoms with van der Waals surface area (Å²) in [5.74, 6) is 1.41. The summed E-state index contributed by atoms with van der Waals surface area (Å²) in [4.78, 5) is 0. The Balaban J connectivity index is 1.71. The van der Waals surface area contributed by atoms with Gasteiger partial charge in [0.15, 0.2) is 0 Å². The minimum Gasteiger partial charge on any atom is -0.314 e. The lowest BCUT2D eigenvalue weighted by Gasteiger charge is -2.14. The van der Waals surface area contributed by atoms with E-state index in [9.17, 15) is 0 Å². The second-order valence-corrected chi connectivity index (χ2v) is 5.07. The molecule has 2 aliphatic rings. The zero-order valence-corrected chi connectivity index (χ0v) is 7.83. The van der Waals surface area contributed by atoms with Crippen LogP contribution in [0.25, 0.3) is 0 Å². The van der Waals surface area contributed by atoms with E-state index in [1.807, 2.05) is 0 Å². The molecule has 2 unspecified atom stereocenters. The van der Waals surface area contributed by atoms with E-state index >= 15 is 0 Å². The molecule has 0 spiro atoms. The lowest BCUT2D eigenvalue weighted by Crippen LogP contribution is -2.24. The van der Waals surface area contributed by atoms with Crippen molar-refractivity contribution in [1.29, 1.82) is 0 Å². The van der Waals surface area contributed by atoms with Crippen LogP contribution in [-0.2, 0) is 0 Å². The first kappa shape index (κ1) is 7.93. The van der Waals surface area contributed by atoms with Gasteiger partial charge in [-0.15, -0.1) is 0 Å². The van der Waals surface area contributed by atoms with Crippen molar-refractivity contribution < 1.29 is 0 Å². The van der Waals surface area contributed by atoms with E-state index in [1.54, 1.807) is 0 Å². The van der Waals surface area contributed by atoms with Gasteiger partial charge in [-0.05, 0) is 44.4 Å². The summed E-state index contributed by atoms with van der Waals surface area (Å²) in [6.45, 7) is 1.27. The van der Waals surface area contributed by atoms with E-state index in [1.165, 1.54) is 44.4 Å². The fraction of sp³-hybridized carbons (Fsp3) is 1.00. The van der Waals surface area contributed by atoms with Gasteiger partial charge in [-0.3, -0.25) is 0 Å². The molecule has 1 nitrogen and oxygen atoms in total. The van der Waals surface area contributed by atoms with Gasteiger partial charge in [-0.1, -0.05) is 0 Å². The molecule has 2 rings (SSSR count). The summed E-state index contributed by atoms with van der Waals surface area (Å²) in [7, 11) is 0. The Morgan fingerprint density at radius 3 is 2.91 bits per heavy atom. The highest BCUT2D eigenvalue weighted by Gasteiger charge is 2.22. The molecule has 2 aliphatic heterocycles. The van der Waals surface area contributed by atoms with Crippen molar-refractivity contribution in [3.05, 3.63) is 0 Å². The Morgan fingerprint density at radius 1 is 1.27 bits per heavy atom. The molecular formula is C9H17NS. The Morgan fingerprint density at radius 2 is 2.27 bits per heavy atom. The molecule has 2 fully saturated rings. The summed E-state index contributed by atoms with van der Waals surface area (Å²) in [6.07, 6.45) is 7.20. The summed E-state index contributed by atoms with van der Waals surface area (Å²) in [5.41, 5.74) is 0. The molecule has 1 N–H and O–H groups in total. The van der Waals surface area contributed by atoms with Crippen molar-refractivity contribution >= 4 is 11.8 Å². The van der Waals surface area contributed by atoms with Crippen LogP contribution >= 0.6 is 11.8 Å². The molecule has 2 atom stereocenters. The highest BCUT2D eigenvalue weighted by molar-refractivity contribution is 8.00. The average Bonchev–Trinajstić information content (AvgIpc) is 2.60. The van der Waals surface area contributed by atoms with E-state index in [-0.39, 0.29) is 0 Å². The fourth-order valence-corrected chi connectivity index (χ4v) is 3.47. The average molecular weight is 171 g/mol. The highest BCUT2D eigenvalue weighted by Crippen LogP contribution is 2.30. The van der Waals surface area contributed by atoms with Gasteiger partial charge in [0.25, 0.3) is 0 Å².